The van der Waals surface area contributed by atoms with Crippen LogP contribution in [-0.4, -0.2) is 28.7 Å². The van der Waals surface area contributed by atoms with Crippen LogP contribution in [0.1, 0.15) is 43.7 Å². The summed E-state index contributed by atoms with van der Waals surface area (Å²) in [5, 5.41) is 9.56. The molecule has 118 valence electrons. The first-order chi connectivity index (χ1) is 9.86. The highest BCUT2D eigenvalue weighted by molar-refractivity contribution is 5.24. The van der Waals surface area contributed by atoms with Gasteiger partial charge in [0.05, 0.1) is 11.7 Å². The lowest BCUT2D eigenvalue weighted by Gasteiger charge is -2.36. The van der Waals surface area contributed by atoms with E-state index in [9.17, 15) is 18.3 Å². The number of alkyl halides is 3. The number of hydrogen-bond acceptors (Lipinski definition) is 2. The minimum atomic E-state index is -4.28. The van der Waals surface area contributed by atoms with Crippen molar-refractivity contribution in [3.05, 3.63) is 35.4 Å². The van der Waals surface area contributed by atoms with Gasteiger partial charge < -0.3 is 5.11 Å². The normalized spacial score (nSPS) is 22.2. The van der Waals surface area contributed by atoms with E-state index in [-0.39, 0.29) is 6.10 Å². The molecule has 1 N–H and O–H groups in total. The van der Waals surface area contributed by atoms with E-state index in [0.717, 1.165) is 49.9 Å². The van der Waals surface area contributed by atoms with Gasteiger partial charge in [-0.1, -0.05) is 18.6 Å². The number of halogens is 3. The van der Waals surface area contributed by atoms with E-state index in [0.29, 0.717) is 12.6 Å². The van der Waals surface area contributed by atoms with E-state index < -0.39 is 11.7 Å². The first kappa shape index (κ1) is 16.3. The number of aliphatic hydroxyl groups is 1. The van der Waals surface area contributed by atoms with Gasteiger partial charge in [0.2, 0.25) is 0 Å². The molecule has 1 aliphatic heterocycles. The highest BCUT2D eigenvalue weighted by atomic mass is 19.4. The summed E-state index contributed by atoms with van der Waals surface area (Å²) in [5.74, 6) is 0. The Hall–Kier alpha value is -1.07. The topological polar surface area (TPSA) is 23.5 Å². The van der Waals surface area contributed by atoms with Crippen molar-refractivity contribution in [3.8, 4) is 0 Å². The predicted molar refractivity (Wildman–Crippen MR) is 75.8 cm³/mol. The van der Waals surface area contributed by atoms with Crippen molar-refractivity contribution in [2.45, 2.75) is 57.5 Å². The molecule has 0 aromatic heterocycles. The van der Waals surface area contributed by atoms with E-state index >= 15 is 0 Å². The molecule has 0 saturated carbocycles. The van der Waals surface area contributed by atoms with Crippen LogP contribution in [0.4, 0.5) is 13.2 Å². The number of piperidine rings is 1. The van der Waals surface area contributed by atoms with Crippen LogP contribution < -0.4 is 0 Å². The molecule has 1 aliphatic rings. The van der Waals surface area contributed by atoms with E-state index in [4.69, 9.17) is 0 Å². The van der Waals surface area contributed by atoms with E-state index in [1.165, 1.54) is 0 Å². The second kappa shape index (κ2) is 6.79. The monoisotopic (exact) mass is 301 g/mol. The van der Waals surface area contributed by atoms with Crippen molar-refractivity contribution in [1.82, 2.24) is 4.90 Å². The average Bonchev–Trinajstić information content (AvgIpc) is 2.40. The molecule has 1 aromatic rings. The number of rotatable bonds is 4. The highest BCUT2D eigenvalue weighted by Crippen LogP contribution is 2.30. The van der Waals surface area contributed by atoms with Crippen LogP contribution in [0.3, 0.4) is 0 Å². The molecule has 2 rings (SSSR count). The Bertz CT molecular complexity index is 442. The Balaban J connectivity index is 2.02. The van der Waals surface area contributed by atoms with Gasteiger partial charge in [-0.2, -0.15) is 13.2 Å². The molecule has 0 radical (unpaired) electrons. The van der Waals surface area contributed by atoms with Crippen LogP contribution in [0.2, 0.25) is 0 Å². The zero-order chi connectivity index (χ0) is 15.5. The molecule has 0 amide bonds. The zero-order valence-electron chi connectivity index (χ0n) is 12.2. The molecule has 1 aromatic carbocycles. The molecule has 1 heterocycles. The second-order valence-corrected chi connectivity index (χ2v) is 5.90. The lowest BCUT2D eigenvalue weighted by Crippen LogP contribution is -2.40. The fourth-order valence-electron chi connectivity index (χ4n) is 2.96. The van der Waals surface area contributed by atoms with Crippen LogP contribution in [0, 0.1) is 0 Å². The van der Waals surface area contributed by atoms with Crippen LogP contribution in [0.5, 0.6) is 0 Å². The summed E-state index contributed by atoms with van der Waals surface area (Å²) in [7, 11) is 0. The summed E-state index contributed by atoms with van der Waals surface area (Å²) in [6, 6.07) is 5.71. The summed E-state index contributed by atoms with van der Waals surface area (Å²) in [6.07, 6.45) is -0.592. The lowest BCUT2D eigenvalue weighted by atomic mass is 9.96. The highest BCUT2D eigenvalue weighted by Gasteiger charge is 2.30. The first-order valence-corrected chi connectivity index (χ1v) is 7.44. The Labute approximate surface area is 123 Å². The van der Waals surface area contributed by atoms with Crippen molar-refractivity contribution >= 4 is 0 Å². The van der Waals surface area contributed by atoms with Gasteiger partial charge >= 0.3 is 6.18 Å². The molecule has 1 fully saturated rings. The molecule has 2 atom stereocenters. The minimum absolute atomic E-state index is 0.320. The average molecular weight is 301 g/mol. The SMILES string of the molecule is CC(O)CC1CCCCN1Cc1ccc(C(F)(F)F)cc1. The van der Waals surface area contributed by atoms with Crippen LogP contribution >= 0.6 is 0 Å². The van der Waals surface area contributed by atoms with E-state index in [1.807, 2.05) is 0 Å². The second-order valence-electron chi connectivity index (χ2n) is 5.90. The molecule has 2 unspecified atom stereocenters. The van der Waals surface area contributed by atoms with Gasteiger partial charge in [-0.3, -0.25) is 4.90 Å². The third-order valence-corrected chi connectivity index (χ3v) is 4.03. The Morgan fingerprint density at radius 3 is 2.48 bits per heavy atom. The number of aliphatic hydroxyl groups excluding tert-OH is 1. The zero-order valence-corrected chi connectivity index (χ0v) is 12.2. The smallest absolute Gasteiger partial charge is 0.393 e. The van der Waals surface area contributed by atoms with Crippen molar-refractivity contribution < 1.29 is 18.3 Å². The van der Waals surface area contributed by atoms with Crippen LogP contribution in [0.25, 0.3) is 0 Å². The standard InChI is InChI=1S/C16H22F3NO/c1-12(21)10-15-4-2-3-9-20(15)11-13-5-7-14(8-6-13)16(17,18)19/h5-8,12,15,21H,2-4,9-11H2,1H3. The molecule has 2 nitrogen and oxygen atoms in total. The quantitative estimate of drug-likeness (QED) is 0.913. The molecular formula is C16H22F3NO. The third kappa shape index (κ3) is 4.71. The maximum atomic E-state index is 12.5. The maximum Gasteiger partial charge on any atom is 0.416 e. The van der Waals surface area contributed by atoms with E-state index in [2.05, 4.69) is 4.90 Å². The molecule has 0 bridgehead atoms. The number of hydrogen-bond donors (Lipinski definition) is 1. The molecule has 0 aliphatic carbocycles. The third-order valence-electron chi connectivity index (χ3n) is 4.03. The van der Waals surface area contributed by atoms with Gasteiger partial charge in [-0.05, 0) is 50.4 Å². The summed E-state index contributed by atoms with van der Waals surface area (Å²) < 4.78 is 37.6. The summed E-state index contributed by atoms with van der Waals surface area (Å²) in [5.41, 5.74) is 0.283. The van der Waals surface area contributed by atoms with Gasteiger partial charge in [0.15, 0.2) is 0 Å². The number of nitrogens with zero attached hydrogens (tertiary/aromatic N) is 1. The molecule has 21 heavy (non-hydrogen) atoms. The van der Waals surface area contributed by atoms with Crippen molar-refractivity contribution in [1.29, 1.82) is 0 Å². The van der Waals surface area contributed by atoms with Gasteiger partial charge in [0.1, 0.15) is 0 Å². The first-order valence-electron chi connectivity index (χ1n) is 7.44. The number of benzene rings is 1. The largest absolute Gasteiger partial charge is 0.416 e. The fourth-order valence-corrected chi connectivity index (χ4v) is 2.96. The predicted octanol–water partition coefficient (Wildman–Crippen LogP) is 3.83. The summed E-state index contributed by atoms with van der Waals surface area (Å²) in [4.78, 5) is 2.28. The van der Waals surface area contributed by atoms with Gasteiger partial charge in [-0.15, -0.1) is 0 Å². The van der Waals surface area contributed by atoms with Crippen LogP contribution in [-0.2, 0) is 12.7 Å². The Kier molecular flexibility index (Phi) is 5.27. The summed E-state index contributed by atoms with van der Waals surface area (Å²) >= 11 is 0. The molecule has 0 spiro atoms. The Morgan fingerprint density at radius 1 is 1.24 bits per heavy atom. The fraction of sp³-hybridized carbons (Fsp3) is 0.625. The van der Waals surface area contributed by atoms with Gasteiger partial charge in [0.25, 0.3) is 0 Å². The molecule has 5 heteroatoms. The van der Waals surface area contributed by atoms with Crippen molar-refractivity contribution in [2.24, 2.45) is 0 Å². The summed E-state index contributed by atoms with van der Waals surface area (Å²) in [6.45, 7) is 3.37. The van der Waals surface area contributed by atoms with Gasteiger partial charge in [-0.25, -0.2) is 0 Å². The van der Waals surface area contributed by atoms with Gasteiger partial charge in [0, 0.05) is 12.6 Å². The minimum Gasteiger partial charge on any atom is -0.393 e. The molecular weight excluding hydrogens is 279 g/mol. The van der Waals surface area contributed by atoms with Crippen molar-refractivity contribution in [3.63, 3.8) is 0 Å². The lowest BCUT2D eigenvalue weighted by molar-refractivity contribution is -0.137. The van der Waals surface area contributed by atoms with Crippen molar-refractivity contribution in [2.75, 3.05) is 6.54 Å². The maximum absolute atomic E-state index is 12.5. The molecule has 1 saturated heterocycles. The van der Waals surface area contributed by atoms with Crippen LogP contribution in [0.15, 0.2) is 24.3 Å². The van der Waals surface area contributed by atoms with E-state index in [1.54, 1.807) is 19.1 Å². The number of likely N-dealkylation sites (tertiary alicyclic amines) is 1. The Morgan fingerprint density at radius 2 is 1.90 bits per heavy atom.